The summed E-state index contributed by atoms with van der Waals surface area (Å²) in [6.07, 6.45) is 22.5. The maximum atomic E-state index is 12.5. The predicted molar refractivity (Wildman–Crippen MR) is 167 cm³/mol. The SMILES string of the molecule is CCCCCCCCCCCCCCC(=O)OC(COCCCCCCCCC)COP(=O)([O-])OCC[N+](C)(C)C. The Labute approximate surface area is 253 Å². The van der Waals surface area contributed by atoms with Crippen LogP contribution in [0.4, 0.5) is 0 Å². The molecule has 0 rings (SSSR count). The number of phosphoric ester groups is 1. The van der Waals surface area contributed by atoms with Crippen molar-refractivity contribution in [3.05, 3.63) is 0 Å². The Bertz CT molecular complexity index is 642. The van der Waals surface area contributed by atoms with Crippen LogP contribution in [0.15, 0.2) is 0 Å². The molecule has 0 aromatic rings. The summed E-state index contributed by atoms with van der Waals surface area (Å²) in [6.45, 7) is 5.37. The van der Waals surface area contributed by atoms with Gasteiger partial charge in [-0.2, -0.15) is 0 Å². The van der Waals surface area contributed by atoms with Crippen LogP contribution >= 0.6 is 7.82 Å². The van der Waals surface area contributed by atoms with E-state index in [1.807, 2.05) is 21.1 Å². The van der Waals surface area contributed by atoms with Crippen molar-refractivity contribution in [3.8, 4) is 0 Å². The summed E-state index contributed by atoms with van der Waals surface area (Å²) in [5, 5.41) is 0. The highest BCUT2D eigenvalue weighted by molar-refractivity contribution is 7.45. The van der Waals surface area contributed by atoms with Crippen molar-refractivity contribution in [2.75, 3.05) is 54.1 Å². The van der Waals surface area contributed by atoms with Crippen molar-refractivity contribution in [1.29, 1.82) is 0 Å². The number of carbonyl (C=O) groups excluding carboxylic acids is 1. The molecule has 0 aliphatic carbocycles. The minimum Gasteiger partial charge on any atom is -0.756 e. The molecule has 41 heavy (non-hydrogen) atoms. The molecule has 246 valence electrons. The fourth-order valence-corrected chi connectivity index (χ4v) is 5.21. The van der Waals surface area contributed by atoms with Crippen molar-refractivity contribution in [2.45, 2.75) is 148 Å². The van der Waals surface area contributed by atoms with Gasteiger partial charge in [0.1, 0.15) is 19.3 Å². The molecule has 0 aromatic heterocycles. The molecule has 0 bridgehead atoms. The summed E-state index contributed by atoms with van der Waals surface area (Å²) in [5.41, 5.74) is 0. The topological polar surface area (TPSA) is 94.1 Å². The van der Waals surface area contributed by atoms with Crippen LogP contribution in [-0.4, -0.2) is 70.7 Å². The molecular weight excluding hydrogens is 541 g/mol. The van der Waals surface area contributed by atoms with Gasteiger partial charge in [-0.1, -0.05) is 123 Å². The molecular formula is C32H66NO7P. The third kappa shape index (κ3) is 30.8. The lowest BCUT2D eigenvalue weighted by Gasteiger charge is -2.28. The lowest BCUT2D eigenvalue weighted by atomic mass is 10.0. The molecule has 0 aliphatic rings. The van der Waals surface area contributed by atoms with Gasteiger partial charge in [-0.3, -0.25) is 9.36 Å². The Hall–Kier alpha value is -0.500. The number of nitrogens with zero attached hydrogens (tertiary/aromatic N) is 1. The predicted octanol–water partition coefficient (Wildman–Crippen LogP) is 7.96. The largest absolute Gasteiger partial charge is 0.756 e. The average molecular weight is 608 g/mol. The molecule has 0 aliphatic heterocycles. The molecule has 8 nitrogen and oxygen atoms in total. The monoisotopic (exact) mass is 607 g/mol. The lowest BCUT2D eigenvalue weighted by Crippen LogP contribution is -2.37. The minimum atomic E-state index is -4.50. The maximum absolute atomic E-state index is 12.5. The van der Waals surface area contributed by atoms with Crippen LogP contribution in [0.5, 0.6) is 0 Å². The van der Waals surface area contributed by atoms with Gasteiger partial charge in [0.05, 0.1) is 34.4 Å². The van der Waals surface area contributed by atoms with Gasteiger partial charge in [0.15, 0.2) is 0 Å². The third-order valence-corrected chi connectivity index (χ3v) is 8.12. The van der Waals surface area contributed by atoms with E-state index in [0.29, 0.717) is 24.1 Å². The van der Waals surface area contributed by atoms with E-state index in [1.54, 1.807) is 0 Å². The smallest absolute Gasteiger partial charge is 0.306 e. The molecule has 0 heterocycles. The van der Waals surface area contributed by atoms with E-state index in [0.717, 1.165) is 32.1 Å². The van der Waals surface area contributed by atoms with Crippen LogP contribution in [0.3, 0.4) is 0 Å². The molecule has 0 spiro atoms. The zero-order valence-corrected chi connectivity index (χ0v) is 28.4. The summed E-state index contributed by atoms with van der Waals surface area (Å²) < 4.78 is 34.2. The molecule has 0 fully saturated rings. The summed E-state index contributed by atoms with van der Waals surface area (Å²) in [6, 6.07) is 0. The standard InChI is InChI=1S/C32H66NO7P/c1-6-8-10-12-14-15-16-17-18-19-21-23-25-32(34)40-31(29-37-27-24-22-20-13-11-9-7-2)30-39-41(35,36)38-28-26-33(3,4)5/h31H,6-30H2,1-5H3. The van der Waals surface area contributed by atoms with Crippen molar-refractivity contribution in [1.82, 2.24) is 0 Å². The minimum absolute atomic E-state index is 0.0302. The van der Waals surface area contributed by atoms with E-state index in [-0.39, 0.29) is 25.8 Å². The van der Waals surface area contributed by atoms with E-state index in [2.05, 4.69) is 13.8 Å². The normalized spacial score (nSPS) is 14.2. The second kappa shape index (κ2) is 27.1. The molecule has 0 saturated heterocycles. The zero-order chi connectivity index (χ0) is 30.7. The van der Waals surface area contributed by atoms with Gasteiger partial charge in [-0.05, 0) is 12.8 Å². The number of phosphoric acid groups is 1. The Morgan fingerprint density at radius 1 is 0.659 bits per heavy atom. The highest BCUT2D eigenvalue weighted by Gasteiger charge is 2.20. The Morgan fingerprint density at radius 2 is 1.12 bits per heavy atom. The van der Waals surface area contributed by atoms with Gasteiger partial charge in [-0.25, -0.2) is 0 Å². The number of hydrogen-bond acceptors (Lipinski definition) is 7. The summed E-state index contributed by atoms with van der Waals surface area (Å²) in [4.78, 5) is 24.7. The number of esters is 1. The number of quaternary nitrogens is 1. The van der Waals surface area contributed by atoms with Gasteiger partial charge < -0.3 is 27.9 Å². The Kier molecular flexibility index (Phi) is 26.7. The van der Waals surface area contributed by atoms with E-state index in [9.17, 15) is 14.3 Å². The van der Waals surface area contributed by atoms with Gasteiger partial charge in [-0.15, -0.1) is 0 Å². The van der Waals surface area contributed by atoms with Crippen LogP contribution in [0.2, 0.25) is 0 Å². The lowest BCUT2D eigenvalue weighted by molar-refractivity contribution is -0.870. The first-order valence-electron chi connectivity index (χ1n) is 16.8. The van der Waals surface area contributed by atoms with Crippen molar-refractivity contribution in [2.24, 2.45) is 0 Å². The molecule has 0 radical (unpaired) electrons. The van der Waals surface area contributed by atoms with E-state index in [1.165, 1.54) is 89.9 Å². The number of likely N-dealkylation sites (N-methyl/N-ethyl adjacent to an activating group) is 1. The van der Waals surface area contributed by atoms with Gasteiger partial charge in [0.2, 0.25) is 0 Å². The van der Waals surface area contributed by atoms with Crippen molar-refractivity contribution >= 4 is 13.8 Å². The van der Waals surface area contributed by atoms with E-state index >= 15 is 0 Å². The maximum Gasteiger partial charge on any atom is 0.306 e. The molecule has 0 amide bonds. The Morgan fingerprint density at radius 3 is 1.61 bits per heavy atom. The van der Waals surface area contributed by atoms with Crippen LogP contribution in [0.1, 0.15) is 142 Å². The Balaban J connectivity index is 4.31. The highest BCUT2D eigenvalue weighted by Crippen LogP contribution is 2.38. The molecule has 0 aromatic carbocycles. The summed E-state index contributed by atoms with van der Waals surface area (Å²) in [5.74, 6) is -0.336. The van der Waals surface area contributed by atoms with Crippen molar-refractivity contribution in [3.63, 3.8) is 0 Å². The molecule has 9 heteroatoms. The molecule has 2 atom stereocenters. The number of hydrogen-bond donors (Lipinski definition) is 0. The third-order valence-electron chi connectivity index (χ3n) is 7.16. The first-order valence-corrected chi connectivity index (χ1v) is 18.2. The van der Waals surface area contributed by atoms with Gasteiger partial charge >= 0.3 is 5.97 Å². The van der Waals surface area contributed by atoms with Gasteiger partial charge in [0, 0.05) is 13.0 Å². The van der Waals surface area contributed by atoms with Gasteiger partial charge in [0.25, 0.3) is 7.82 Å². The second-order valence-corrected chi connectivity index (χ2v) is 13.9. The van der Waals surface area contributed by atoms with Crippen LogP contribution in [0.25, 0.3) is 0 Å². The van der Waals surface area contributed by atoms with Crippen LogP contribution < -0.4 is 4.89 Å². The van der Waals surface area contributed by atoms with E-state index in [4.69, 9.17) is 18.5 Å². The first-order chi connectivity index (χ1) is 19.6. The number of ether oxygens (including phenoxy) is 2. The average Bonchev–Trinajstić information content (AvgIpc) is 2.90. The molecule has 2 unspecified atom stereocenters. The van der Waals surface area contributed by atoms with Crippen LogP contribution in [0, 0.1) is 0 Å². The zero-order valence-electron chi connectivity index (χ0n) is 27.5. The number of rotatable bonds is 31. The number of carbonyl (C=O) groups is 1. The highest BCUT2D eigenvalue weighted by atomic mass is 31.2. The summed E-state index contributed by atoms with van der Waals surface area (Å²) in [7, 11) is 1.36. The molecule has 0 saturated carbocycles. The van der Waals surface area contributed by atoms with Crippen molar-refractivity contribution < 1.29 is 37.3 Å². The second-order valence-electron chi connectivity index (χ2n) is 12.5. The first kappa shape index (κ1) is 40.5. The quantitative estimate of drug-likeness (QED) is 0.0341. The fraction of sp³-hybridized carbons (Fsp3) is 0.969. The molecule has 0 N–H and O–H groups in total. The van der Waals surface area contributed by atoms with Crippen LogP contribution in [-0.2, 0) is 27.9 Å². The number of unbranched alkanes of at least 4 members (excludes halogenated alkanes) is 17. The summed E-state index contributed by atoms with van der Waals surface area (Å²) >= 11 is 0. The van der Waals surface area contributed by atoms with E-state index < -0.39 is 13.9 Å². The fourth-order valence-electron chi connectivity index (χ4n) is 4.49.